The van der Waals surface area contributed by atoms with Gasteiger partial charge in [0.05, 0.1) is 17.1 Å². The highest BCUT2D eigenvalue weighted by Crippen LogP contribution is 2.35. The number of carbonyl (C=O) groups excluding carboxylic acids is 3. The fraction of sp³-hybridized carbons (Fsp3) is 0.280. The fourth-order valence-corrected chi connectivity index (χ4v) is 4.42. The Morgan fingerprint density at radius 1 is 1.11 bits per heavy atom. The molecule has 5 N–H and O–H groups in total. The van der Waals surface area contributed by atoms with E-state index in [2.05, 4.69) is 0 Å². The third kappa shape index (κ3) is 6.65. The van der Waals surface area contributed by atoms with Gasteiger partial charge in [0.1, 0.15) is 12.5 Å². The predicted octanol–water partition coefficient (Wildman–Crippen LogP) is 2.66. The van der Waals surface area contributed by atoms with Gasteiger partial charge in [0, 0.05) is 17.1 Å². The van der Waals surface area contributed by atoms with Crippen LogP contribution in [-0.2, 0) is 25.5 Å². The lowest BCUT2D eigenvalue weighted by molar-refractivity contribution is -0.145. The van der Waals surface area contributed by atoms with Crippen LogP contribution in [0.2, 0.25) is 0 Å². The summed E-state index contributed by atoms with van der Waals surface area (Å²) in [7, 11) is -5.01. The monoisotopic (exact) mass is 513 g/mol. The second kappa shape index (κ2) is 11.6. The van der Waals surface area contributed by atoms with Crippen molar-refractivity contribution < 1.29 is 33.5 Å². The molecule has 36 heavy (non-hydrogen) atoms. The Bertz CT molecular complexity index is 1340. The highest BCUT2D eigenvalue weighted by molar-refractivity contribution is 7.49. The molecule has 2 aromatic carbocycles. The Kier molecular flexibility index (Phi) is 8.76. The molecule has 10 nitrogen and oxygen atoms in total. The van der Waals surface area contributed by atoms with Crippen molar-refractivity contribution in [1.82, 2.24) is 9.65 Å². The Labute approximate surface area is 208 Å². The summed E-state index contributed by atoms with van der Waals surface area (Å²) in [6.45, 7) is 3.67. The van der Waals surface area contributed by atoms with Crippen LogP contribution in [0.4, 0.5) is 0 Å². The molecule has 0 spiro atoms. The summed E-state index contributed by atoms with van der Waals surface area (Å²) in [6.07, 6.45) is 1.75. The quantitative estimate of drug-likeness (QED) is 0.181. The molecule has 3 aromatic rings. The first-order valence-electron chi connectivity index (χ1n) is 11.2. The van der Waals surface area contributed by atoms with Gasteiger partial charge in [0.15, 0.2) is 6.04 Å². The van der Waals surface area contributed by atoms with Crippen molar-refractivity contribution in [2.24, 2.45) is 11.7 Å². The van der Waals surface area contributed by atoms with E-state index in [4.69, 9.17) is 10.5 Å². The molecule has 1 aromatic heterocycles. The van der Waals surface area contributed by atoms with Crippen LogP contribution in [0.1, 0.15) is 36.2 Å². The number of hydrogen-bond donors (Lipinski definition) is 4. The van der Waals surface area contributed by atoms with E-state index >= 15 is 0 Å². The second-order valence-corrected chi connectivity index (χ2v) is 10.1. The van der Waals surface area contributed by atoms with Crippen LogP contribution in [0.25, 0.3) is 16.5 Å². The van der Waals surface area contributed by atoms with E-state index in [-0.39, 0.29) is 18.1 Å². The predicted molar refractivity (Wildman–Crippen MR) is 134 cm³/mol. The Balaban J connectivity index is 2.04. The fourth-order valence-electron chi connectivity index (χ4n) is 3.85. The molecule has 0 saturated carbocycles. The van der Waals surface area contributed by atoms with Gasteiger partial charge in [-0.1, -0.05) is 62.4 Å². The summed E-state index contributed by atoms with van der Waals surface area (Å²) in [6, 6.07) is 12.6. The van der Waals surface area contributed by atoms with Crippen LogP contribution in [0.3, 0.4) is 0 Å². The molecule has 0 bridgehead atoms. The number of esters is 1. The van der Waals surface area contributed by atoms with Crippen LogP contribution in [0.15, 0.2) is 60.8 Å². The van der Waals surface area contributed by atoms with Crippen molar-refractivity contribution >= 4 is 42.0 Å². The van der Waals surface area contributed by atoms with Crippen LogP contribution in [0, 0.1) is 5.92 Å². The van der Waals surface area contributed by atoms with E-state index in [1.54, 1.807) is 60.5 Å². The molecule has 0 aliphatic heterocycles. The first-order chi connectivity index (χ1) is 17.0. The molecule has 190 valence electrons. The normalized spacial score (nSPS) is 13.3. The van der Waals surface area contributed by atoms with Gasteiger partial charge in [-0.25, -0.2) is 19.2 Å². The van der Waals surface area contributed by atoms with Crippen LogP contribution < -0.4 is 10.8 Å². The molecule has 2 atom stereocenters. The Morgan fingerprint density at radius 2 is 1.75 bits per heavy atom. The zero-order valence-corrected chi connectivity index (χ0v) is 20.7. The van der Waals surface area contributed by atoms with Crippen molar-refractivity contribution in [1.29, 1.82) is 0 Å². The molecular formula is C25H28N3O7P. The highest BCUT2D eigenvalue weighted by atomic mass is 31.2. The van der Waals surface area contributed by atoms with Crippen LogP contribution in [-0.4, -0.2) is 44.3 Å². The van der Waals surface area contributed by atoms with Gasteiger partial charge in [0.2, 0.25) is 5.91 Å². The molecule has 0 unspecified atom stereocenters. The molecule has 0 aliphatic carbocycles. The van der Waals surface area contributed by atoms with Gasteiger partial charge in [-0.2, -0.15) is 0 Å². The molecule has 0 radical (unpaired) electrons. The smallest absolute Gasteiger partial charge is 0.401 e. The van der Waals surface area contributed by atoms with Gasteiger partial charge in [-0.3, -0.25) is 9.36 Å². The van der Waals surface area contributed by atoms with Crippen molar-refractivity contribution in [3.05, 3.63) is 71.9 Å². The van der Waals surface area contributed by atoms with Crippen LogP contribution in [0.5, 0.6) is 0 Å². The summed E-state index contributed by atoms with van der Waals surface area (Å²) < 4.78 is 18.3. The van der Waals surface area contributed by atoms with E-state index in [0.29, 0.717) is 22.9 Å². The van der Waals surface area contributed by atoms with Gasteiger partial charge >= 0.3 is 13.7 Å². The minimum atomic E-state index is -5.01. The number of rotatable bonds is 10. The molecule has 0 amide bonds. The summed E-state index contributed by atoms with van der Waals surface area (Å²) in [5.41, 5.74) is 6.82. The summed E-state index contributed by atoms with van der Waals surface area (Å²) in [4.78, 5) is 57.3. The maximum Gasteiger partial charge on any atom is 0.401 e. The standard InChI is InChI=1S/C25H28N3O7P/c1-16(2)12-21(26)24(30)28-13-19(18-10-6-7-11-22(18)28)20(14-29)23(27-36(32,33)34)25(31)35-15-17-8-4-3-5-9-17/h3-11,13,16,21,23H,12,15,26H2,1-2H3,(H3,27,32,33,34)/t21-,23-/m0/s1. The average Bonchev–Trinajstić information content (AvgIpc) is 3.21. The molecule has 0 fully saturated rings. The summed E-state index contributed by atoms with van der Waals surface area (Å²) >= 11 is 0. The lowest BCUT2D eigenvalue weighted by atomic mass is 10.00. The SMILES string of the molecule is CC(C)C[C@H](N)C(=O)n1cc(C(=C=O)[C@H](NP(=O)(O)O)C(=O)OCc2ccccc2)c2ccccc21. The number of aromatic nitrogens is 1. The molecule has 11 heteroatoms. The number of fused-ring (bicyclic) bond motifs is 1. The number of ether oxygens (including phenoxy) is 1. The number of para-hydroxylation sites is 1. The summed E-state index contributed by atoms with van der Waals surface area (Å²) in [5, 5.41) is 2.27. The topological polar surface area (TPSA) is 161 Å². The van der Waals surface area contributed by atoms with Crippen LogP contribution >= 0.6 is 7.75 Å². The van der Waals surface area contributed by atoms with Crippen molar-refractivity contribution in [2.75, 3.05) is 0 Å². The van der Waals surface area contributed by atoms with Crippen molar-refractivity contribution in [3.63, 3.8) is 0 Å². The maximum absolute atomic E-state index is 13.1. The maximum atomic E-state index is 13.1. The zero-order chi connectivity index (χ0) is 26.5. The Hall–Kier alpha value is -3.36. The van der Waals surface area contributed by atoms with E-state index in [9.17, 15) is 28.7 Å². The minimum Gasteiger partial charge on any atom is -0.459 e. The zero-order valence-electron chi connectivity index (χ0n) is 19.8. The third-order valence-electron chi connectivity index (χ3n) is 5.44. The third-order valence-corrected chi connectivity index (χ3v) is 6.03. The summed E-state index contributed by atoms with van der Waals surface area (Å²) in [5.74, 6) is 0.264. The van der Waals surface area contributed by atoms with Gasteiger partial charge in [-0.15, -0.1) is 0 Å². The number of hydrogen-bond acceptors (Lipinski definition) is 6. The number of nitrogens with one attached hydrogen (secondary N) is 1. The largest absolute Gasteiger partial charge is 0.459 e. The minimum absolute atomic E-state index is 0.0910. The first-order valence-corrected chi connectivity index (χ1v) is 12.8. The van der Waals surface area contributed by atoms with Gasteiger partial charge in [-0.05, 0) is 24.0 Å². The van der Waals surface area contributed by atoms with E-state index in [1.165, 1.54) is 10.8 Å². The number of carbonyl (C=O) groups is 2. The molecular weight excluding hydrogens is 485 g/mol. The molecule has 3 rings (SSSR count). The highest BCUT2D eigenvalue weighted by Gasteiger charge is 2.34. The lowest BCUT2D eigenvalue weighted by Crippen LogP contribution is -2.37. The molecule has 0 saturated heterocycles. The molecule has 0 aliphatic rings. The van der Waals surface area contributed by atoms with E-state index in [1.807, 2.05) is 18.9 Å². The number of nitrogens with two attached hydrogens (primary N) is 1. The van der Waals surface area contributed by atoms with Gasteiger partial charge < -0.3 is 20.3 Å². The second-order valence-electron chi connectivity index (χ2n) is 8.72. The van der Waals surface area contributed by atoms with Crippen molar-refractivity contribution in [3.8, 4) is 0 Å². The first kappa shape index (κ1) is 27.2. The van der Waals surface area contributed by atoms with Gasteiger partial charge in [0.25, 0.3) is 0 Å². The lowest BCUT2D eigenvalue weighted by Gasteiger charge is -2.19. The number of nitrogens with zero attached hydrogens (tertiary/aromatic N) is 1. The van der Waals surface area contributed by atoms with E-state index < -0.39 is 37.3 Å². The van der Waals surface area contributed by atoms with Crippen molar-refractivity contribution in [2.45, 2.75) is 39.0 Å². The average molecular weight is 513 g/mol. The number of benzene rings is 2. The Morgan fingerprint density at radius 3 is 2.36 bits per heavy atom. The molecule has 1 heterocycles. The van der Waals surface area contributed by atoms with E-state index in [0.717, 1.165) is 0 Å².